The lowest BCUT2D eigenvalue weighted by molar-refractivity contribution is 0.251. The molecular formula is C11H15F2N3O. The summed E-state index contributed by atoms with van der Waals surface area (Å²) in [5, 5.41) is 4.61. The van der Waals surface area contributed by atoms with E-state index in [1.54, 1.807) is 0 Å². The lowest BCUT2D eigenvalue weighted by Gasteiger charge is -2.08. The highest BCUT2D eigenvalue weighted by Crippen LogP contribution is 2.17. The molecule has 1 aromatic rings. The Bertz CT molecular complexity index is 365. The Kier molecular flexibility index (Phi) is 5.35. The van der Waals surface area contributed by atoms with Crippen LogP contribution in [-0.4, -0.2) is 19.1 Å². The van der Waals surface area contributed by atoms with Gasteiger partial charge in [-0.05, 0) is 31.5 Å². The number of anilines is 1. The predicted octanol–water partition coefficient (Wildman–Crippen LogP) is 1.83. The van der Waals surface area contributed by atoms with Crippen LogP contribution in [0.1, 0.15) is 12.8 Å². The molecule has 0 radical (unpaired) electrons. The van der Waals surface area contributed by atoms with E-state index in [4.69, 9.17) is 5.73 Å². The second-order valence-electron chi connectivity index (χ2n) is 3.47. The molecule has 0 fully saturated rings. The fourth-order valence-electron chi connectivity index (χ4n) is 1.25. The Hall–Kier alpha value is -1.69. The lowest BCUT2D eigenvalue weighted by Crippen LogP contribution is -2.30. The summed E-state index contributed by atoms with van der Waals surface area (Å²) in [5.74, 6) is -1.61. The van der Waals surface area contributed by atoms with Gasteiger partial charge in [-0.2, -0.15) is 0 Å². The summed E-state index contributed by atoms with van der Waals surface area (Å²) in [4.78, 5) is 11.3. The third-order valence-corrected chi connectivity index (χ3v) is 2.12. The van der Waals surface area contributed by atoms with Crippen molar-refractivity contribution in [3.05, 3.63) is 29.8 Å². The number of amides is 2. The molecule has 17 heavy (non-hydrogen) atoms. The number of carbonyl (C=O) groups is 1. The van der Waals surface area contributed by atoms with Gasteiger partial charge in [0, 0.05) is 6.54 Å². The summed E-state index contributed by atoms with van der Waals surface area (Å²) in [7, 11) is 0. The van der Waals surface area contributed by atoms with Crippen molar-refractivity contribution in [1.29, 1.82) is 0 Å². The van der Waals surface area contributed by atoms with Crippen molar-refractivity contribution in [3.63, 3.8) is 0 Å². The number of rotatable bonds is 5. The monoisotopic (exact) mass is 243 g/mol. The molecule has 0 unspecified atom stereocenters. The molecule has 2 amide bonds. The largest absolute Gasteiger partial charge is 0.338 e. The van der Waals surface area contributed by atoms with E-state index < -0.39 is 23.4 Å². The summed E-state index contributed by atoms with van der Waals surface area (Å²) in [6, 6.07) is 2.75. The number of nitrogens with two attached hydrogens (primary N) is 1. The maximum atomic E-state index is 13.2. The molecule has 0 saturated carbocycles. The quantitative estimate of drug-likeness (QED) is 0.690. The van der Waals surface area contributed by atoms with Gasteiger partial charge in [0.1, 0.15) is 17.3 Å². The van der Waals surface area contributed by atoms with Crippen LogP contribution in [0.15, 0.2) is 18.2 Å². The Morgan fingerprint density at radius 1 is 1.24 bits per heavy atom. The summed E-state index contributed by atoms with van der Waals surface area (Å²) >= 11 is 0. The van der Waals surface area contributed by atoms with Crippen LogP contribution in [0.2, 0.25) is 0 Å². The van der Waals surface area contributed by atoms with Crippen molar-refractivity contribution >= 4 is 11.7 Å². The van der Waals surface area contributed by atoms with Gasteiger partial charge in [-0.25, -0.2) is 13.6 Å². The van der Waals surface area contributed by atoms with Gasteiger partial charge in [-0.3, -0.25) is 0 Å². The number of carbonyl (C=O) groups excluding carboxylic acids is 1. The van der Waals surface area contributed by atoms with Crippen molar-refractivity contribution in [2.75, 3.05) is 18.4 Å². The average Bonchev–Trinajstić information content (AvgIpc) is 2.30. The van der Waals surface area contributed by atoms with Crippen LogP contribution in [0.4, 0.5) is 19.3 Å². The van der Waals surface area contributed by atoms with Gasteiger partial charge in [0.05, 0.1) is 0 Å². The number of hydrogen-bond donors (Lipinski definition) is 3. The third kappa shape index (κ3) is 4.36. The van der Waals surface area contributed by atoms with Gasteiger partial charge in [0.2, 0.25) is 0 Å². The zero-order valence-corrected chi connectivity index (χ0v) is 9.30. The minimum Gasteiger partial charge on any atom is -0.338 e. The van der Waals surface area contributed by atoms with E-state index >= 15 is 0 Å². The molecule has 0 saturated heterocycles. The second-order valence-corrected chi connectivity index (χ2v) is 3.47. The number of benzene rings is 1. The molecule has 0 atom stereocenters. The first-order valence-electron chi connectivity index (χ1n) is 5.34. The van der Waals surface area contributed by atoms with Crippen LogP contribution in [0.25, 0.3) is 0 Å². The number of urea groups is 1. The van der Waals surface area contributed by atoms with Gasteiger partial charge in [-0.15, -0.1) is 0 Å². The van der Waals surface area contributed by atoms with Crippen molar-refractivity contribution in [2.24, 2.45) is 5.73 Å². The minimum atomic E-state index is -0.804. The maximum absolute atomic E-state index is 13.2. The highest BCUT2D eigenvalue weighted by molar-refractivity contribution is 5.89. The number of hydrogen-bond acceptors (Lipinski definition) is 2. The van der Waals surface area contributed by atoms with Crippen LogP contribution < -0.4 is 16.4 Å². The summed E-state index contributed by atoms with van der Waals surface area (Å²) in [6.45, 7) is 0.963. The Balaban J connectivity index is 2.45. The fraction of sp³-hybridized carbons (Fsp3) is 0.364. The summed E-state index contributed by atoms with van der Waals surface area (Å²) in [6.07, 6.45) is 1.51. The molecule has 1 aromatic carbocycles. The van der Waals surface area contributed by atoms with E-state index in [0.29, 0.717) is 13.1 Å². The molecule has 0 aliphatic heterocycles. The standard InChI is InChI=1S/C11H15F2N3O/c12-8-4-3-5-9(13)10(8)16-11(17)15-7-2-1-6-14/h3-5H,1-2,6-7,14H2,(H2,15,16,17). The zero-order valence-electron chi connectivity index (χ0n) is 9.30. The van der Waals surface area contributed by atoms with Crippen molar-refractivity contribution in [2.45, 2.75) is 12.8 Å². The van der Waals surface area contributed by atoms with Crippen molar-refractivity contribution < 1.29 is 13.6 Å². The van der Waals surface area contributed by atoms with E-state index in [1.807, 2.05) is 0 Å². The van der Waals surface area contributed by atoms with Gasteiger partial charge < -0.3 is 16.4 Å². The van der Waals surface area contributed by atoms with Crippen LogP contribution in [-0.2, 0) is 0 Å². The van der Waals surface area contributed by atoms with Crippen molar-refractivity contribution in [1.82, 2.24) is 5.32 Å². The molecule has 0 aliphatic rings. The van der Waals surface area contributed by atoms with Gasteiger partial charge in [0.15, 0.2) is 0 Å². The molecule has 6 heteroatoms. The number of unbranched alkanes of at least 4 members (excludes halogenated alkanes) is 1. The fourth-order valence-corrected chi connectivity index (χ4v) is 1.25. The Labute approximate surface area is 98.2 Å². The first-order valence-corrected chi connectivity index (χ1v) is 5.34. The zero-order chi connectivity index (χ0) is 12.7. The van der Waals surface area contributed by atoms with Crippen LogP contribution in [0, 0.1) is 11.6 Å². The molecule has 0 aliphatic carbocycles. The van der Waals surface area contributed by atoms with Gasteiger partial charge >= 0.3 is 6.03 Å². The molecule has 4 nitrogen and oxygen atoms in total. The number of para-hydroxylation sites is 1. The maximum Gasteiger partial charge on any atom is 0.319 e. The minimum absolute atomic E-state index is 0.416. The first-order chi connectivity index (χ1) is 8.15. The summed E-state index contributed by atoms with van der Waals surface area (Å²) < 4.78 is 26.3. The normalized spacial score (nSPS) is 10.1. The molecule has 0 heterocycles. The van der Waals surface area contributed by atoms with Crippen LogP contribution in [0.5, 0.6) is 0 Å². The van der Waals surface area contributed by atoms with Crippen LogP contribution >= 0.6 is 0 Å². The van der Waals surface area contributed by atoms with E-state index in [0.717, 1.165) is 25.0 Å². The average molecular weight is 243 g/mol. The lowest BCUT2D eigenvalue weighted by atomic mass is 10.3. The predicted molar refractivity (Wildman–Crippen MR) is 61.7 cm³/mol. The highest BCUT2D eigenvalue weighted by atomic mass is 19.1. The second kappa shape index (κ2) is 6.80. The van der Waals surface area contributed by atoms with E-state index in [-0.39, 0.29) is 0 Å². The van der Waals surface area contributed by atoms with Gasteiger partial charge in [0.25, 0.3) is 0 Å². The Morgan fingerprint density at radius 2 is 1.88 bits per heavy atom. The molecule has 94 valence electrons. The molecule has 0 aromatic heterocycles. The topological polar surface area (TPSA) is 67.1 Å². The number of halogens is 2. The molecule has 0 bridgehead atoms. The van der Waals surface area contributed by atoms with Gasteiger partial charge in [-0.1, -0.05) is 6.07 Å². The van der Waals surface area contributed by atoms with Crippen molar-refractivity contribution in [3.8, 4) is 0 Å². The number of nitrogens with one attached hydrogen (secondary N) is 2. The van der Waals surface area contributed by atoms with E-state index in [9.17, 15) is 13.6 Å². The first kappa shape index (κ1) is 13.4. The SMILES string of the molecule is NCCCCNC(=O)Nc1c(F)cccc1F. The summed E-state index contributed by atoms with van der Waals surface area (Å²) in [5.41, 5.74) is 4.84. The molecular weight excluding hydrogens is 228 g/mol. The molecule has 1 rings (SSSR count). The third-order valence-electron chi connectivity index (χ3n) is 2.12. The molecule has 0 spiro atoms. The molecule has 4 N–H and O–H groups in total. The smallest absolute Gasteiger partial charge is 0.319 e. The Morgan fingerprint density at radius 3 is 2.47 bits per heavy atom. The van der Waals surface area contributed by atoms with E-state index in [1.165, 1.54) is 6.07 Å². The van der Waals surface area contributed by atoms with E-state index in [2.05, 4.69) is 10.6 Å². The van der Waals surface area contributed by atoms with Crippen LogP contribution in [0.3, 0.4) is 0 Å². The highest BCUT2D eigenvalue weighted by Gasteiger charge is 2.10.